The van der Waals surface area contributed by atoms with E-state index in [0.717, 1.165) is 31.4 Å². The number of hydrogen-bond acceptors (Lipinski definition) is 3. The molecule has 1 unspecified atom stereocenters. The van der Waals surface area contributed by atoms with Crippen LogP contribution in [-0.2, 0) is 11.2 Å². The molecule has 0 bridgehead atoms. The number of rotatable bonds is 5. The Morgan fingerprint density at radius 3 is 2.80 bits per heavy atom. The molecule has 25 heavy (non-hydrogen) atoms. The zero-order chi connectivity index (χ0) is 18.3. The molecule has 2 N–H and O–H groups in total. The number of urea groups is 1. The summed E-state index contributed by atoms with van der Waals surface area (Å²) in [6.07, 6.45) is 3.47. The topological polar surface area (TPSA) is 70.7 Å². The summed E-state index contributed by atoms with van der Waals surface area (Å²) < 4.78 is 5.57. The van der Waals surface area contributed by atoms with Gasteiger partial charge in [0.05, 0.1) is 5.60 Å². The first-order chi connectivity index (χ1) is 12.0. The molecule has 0 aromatic heterocycles. The summed E-state index contributed by atoms with van der Waals surface area (Å²) in [4.78, 5) is 25.9. The molecular formula is C19H29N3O3. The van der Waals surface area contributed by atoms with Gasteiger partial charge in [-0.05, 0) is 50.3 Å². The fraction of sp³-hybridized carbons (Fsp3) is 0.579. The number of methoxy groups -OCH3 is 1. The molecule has 1 aliphatic heterocycles. The molecule has 1 saturated heterocycles. The van der Waals surface area contributed by atoms with E-state index in [2.05, 4.69) is 17.6 Å². The predicted octanol–water partition coefficient (Wildman–Crippen LogP) is 2.19. The standard InChI is InChI=1S/C19H29N3O3/c1-19(25-3)9-5-12-22(13-10-19)18(24)21-11-8-15-6-4-7-16(14-15)17(23)20-2/h4,6-7,14H,5,8-13H2,1-3H3,(H,20,23)(H,21,24). The van der Waals surface area contributed by atoms with Crippen molar-refractivity contribution in [3.8, 4) is 0 Å². The van der Waals surface area contributed by atoms with Crippen LogP contribution in [0.25, 0.3) is 0 Å². The smallest absolute Gasteiger partial charge is 0.317 e. The molecule has 1 aromatic rings. The van der Waals surface area contributed by atoms with Crippen LogP contribution in [0.15, 0.2) is 24.3 Å². The minimum atomic E-state index is -0.130. The van der Waals surface area contributed by atoms with Crippen LogP contribution < -0.4 is 10.6 Å². The molecule has 1 aromatic carbocycles. The SMILES string of the molecule is CNC(=O)c1cccc(CCNC(=O)N2CCCC(C)(OC)CC2)c1. The van der Waals surface area contributed by atoms with Gasteiger partial charge in [0.1, 0.15) is 0 Å². The van der Waals surface area contributed by atoms with E-state index in [0.29, 0.717) is 25.1 Å². The lowest BCUT2D eigenvalue weighted by atomic mass is 9.97. The minimum Gasteiger partial charge on any atom is -0.378 e. The summed E-state index contributed by atoms with van der Waals surface area (Å²) >= 11 is 0. The highest BCUT2D eigenvalue weighted by atomic mass is 16.5. The number of likely N-dealkylation sites (tertiary alicyclic amines) is 1. The van der Waals surface area contributed by atoms with Gasteiger partial charge >= 0.3 is 6.03 Å². The third kappa shape index (κ3) is 5.46. The molecule has 1 aliphatic rings. The first-order valence-corrected chi connectivity index (χ1v) is 8.86. The predicted molar refractivity (Wildman–Crippen MR) is 97.8 cm³/mol. The van der Waals surface area contributed by atoms with E-state index >= 15 is 0 Å². The van der Waals surface area contributed by atoms with Crippen molar-refractivity contribution in [2.75, 3.05) is 33.8 Å². The summed E-state index contributed by atoms with van der Waals surface area (Å²) in [5, 5.41) is 5.60. The Kier molecular flexibility index (Phi) is 6.82. The fourth-order valence-electron chi connectivity index (χ4n) is 3.10. The molecule has 0 radical (unpaired) electrons. The van der Waals surface area contributed by atoms with E-state index in [1.807, 2.05) is 23.1 Å². The molecule has 0 spiro atoms. The van der Waals surface area contributed by atoms with Crippen LogP contribution in [0.5, 0.6) is 0 Å². The monoisotopic (exact) mass is 347 g/mol. The molecule has 138 valence electrons. The minimum absolute atomic E-state index is 0.0252. The van der Waals surface area contributed by atoms with Crippen molar-refractivity contribution >= 4 is 11.9 Å². The Balaban J connectivity index is 1.81. The van der Waals surface area contributed by atoms with Crippen molar-refractivity contribution in [1.29, 1.82) is 0 Å². The van der Waals surface area contributed by atoms with E-state index < -0.39 is 0 Å². The van der Waals surface area contributed by atoms with Crippen molar-refractivity contribution in [3.63, 3.8) is 0 Å². The highest BCUT2D eigenvalue weighted by Gasteiger charge is 2.28. The normalized spacial score (nSPS) is 20.7. The van der Waals surface area contributed by atoms with Crippen LogP contribution in [0.3, 0.4) is 0 Å². The molecule has 2 rings (SSSR count). The van der Waals surface area contributed by atoms with E-state index in [1.165, 1.54) is 0 Å². The number of ether oxygens (including phenoxy) is 1. The maximum Gasteiger partial charge on any atom is 0.317 e. The summed E-state index contributed by atoms with van der Waals surface area (Å²) in [6.45, 7) is 4.13. The first-order valence-electron chi connectivity index (χ1n) is 8.86. The van der Waals surface area contributed by atoms with Gasteiger partial charge in [0.25, 0.3) is 5.91 Å². The molecule has 1 fully saturated rings. The molecule has 1 atom stereocenters. The largest absolute Gasteiger partial charge is 0.378 e. The number of carbonyl (C=O) groups excluding carboxylic acids is 2. The summed E-state index contributed by atoms with van der Waals surface area (Å²) in [5.41, 5.74) is 1.54. The average Bonchev–Trinajstić information content (AvgIpc) is 2.83. The van der Waals surface area contributed by atoms with Gasteiger partial charge in [-0.2, -0.15) is 0 Å². The molecule has 3 amide bonds. The van der Waals surface area contributed by atoms with Gasteiger partial charge in [-0.1, -0.05) is 12.1 Å². The summed E-state index contributed by atoms with van der Waals surface area (Å²) in [5.74, 6) is -0.100. The van der Waals surface area contributed by atoms with Gasteiger partial charge in [0, 0.05) is 39.4 Å². The van der Waals surface area contributed by atoms with Crippen LogP contribution in [0.1, 0.15) is 42.1 Å². The summed E-state index contributed by atoms with van der Waals surface area (Å²) in [7, 11) is 3.35. The van der Waals surface area contributed by atoms with Crippen LogP contribution in [0.2, 0.25) is 0 Å². The third-order valence-corrected chi connectivity index (χ3v) is 4.93. The number of nitrogens with one attached hydrogen (secondary N) is 2. The van der Waals surface area contributed by atoms with Gasteiger partial charge in [-0.15, -0.1) is 0 Å². The Morgan fingerprint density at radius 1 is 1.28 bits per heavy atom. The third-order valence-electron chi connectivity index (χ3n) is 4.93. The summed E-state index contributed by atoms with van der Waals surface area (Å²) in [6, 6.07) is 7.45. The second-order valence-corrected chi connectivity index (χ2v) is 6.76. The van der Waals surface area contributed by atoms with E-state index in [9.17, 15) is 9.59 Å². The van der Waals surface area contributed by atoms with E-state index in [-0.39, 0.29) is 17.5 Å². The van der Waals surface area contributed by atoms with Crippen LogP contribution in [0.4, 0.5) is 4.79 Å². The highest BCUT2D eigenvalue weighted by Crippen LogP contribution is 2.24. The van der Waals surface area contributed by atoms with Crippen molar-refractivity contribution in [2.24, 2.45) is 0 Å². The van der Waals surface area contributed by atoms with Gasteiger partial charge in [-0.25, -0.2) is 4.79 Å². The molecule has 6 heteroatoms. The molecule has 0 saturated carbocycles. The number of nitrogens with zero attached hydrogens (tertiary/aromatic N) is 1. The number of hydrogen-bond donors (Lipinski definition) is 2. The van der Waals surface area contributed by atoms with Crippen LogP contribution in [0, 0.1) is 0 Å². The molecule has 0 aliphatic carbocycles. The molecule has 1 heterocycles. The van der Waals surface area contributed by atoms with Gasteiger partial charge in [-0.3, -0.25) is 4.79 Å². The van der Waals surface area contributed by atoms with Gasteiger partial charge in [0.15, 0.2) is 0 Å². The Bertz CT molecular complexity index is 605. The van der Waals surface area contributed by atoms with Crippen molar-refractivity contribution in [2.45, 2.75) is 38.2 Å². The zero-order valence-corrected chi connectivity index (χ0v) is 15.4. The lowest BCUT2D eigenvalue weighted by Crippen LogP contribution is -2.41. The maximum atomic E-state index is 12.4. The maximum absolute atomic E-state index is 12.4. The number of benzene rings is 1. The van der Waals surface area contributed by atoms with Crippen molar-refractivity contribution in [3.05, 3.63) is 35.4 Å². The van der Waals surface area contributed by atoms with Gasteiger partial charge < -0.3 is 20.3 Å². The van der Waals surface area contributed by atoms with Crippen molar-refractivity contribution in [1.82, 2.24) is 15.5 Å². The second-order valence-electron chi connectivity index (χ2n) is 6.76. The second kappa shape index (κ2) is 8.85. The number of amides is 3. The fourth-order valence-corrected chi connectivity index (χ4v) is 3.10. The van der Waals surface area contributed by atoms with Crippen molar-refractivity contribution < 1.29 is 14.3 Å². The van der Waals surface area contributed by atoms with E-state index in [1.54, 1.807) is 20.2 Å². The van der Waals surface area contributed by atoms with Crippen LogP contribution >= 0.6 is 0 Å². The Hall–Kier alpha value is -2.08. The quantitative estimate of drug-likeness (QED) is 0.858. The highest BCUT2D eigenvalue weighted by molar-refractivity contribution is 5.94. The van der Waals surface area contributed by atoms with Crippen LogP contribution in [-0.4, -0.2) is 56.2 Å². The number of carbonyl (C=O) groups is 2. The van der Waals surface area contributed by atoms with E-state index in [4.69, 9.17) is 4.74 Å². The molecular weight excluding hydrogens is 318 g/mol. The Morgan fingerprint density at radius 2 is 2.08 bits per heavy atom. The lowest BCUT2D eigenvalue weighted by molar-refractivity contribution is -0.00499. The first kappa shape index (κ1) is 19.2. The average molecular weight is 347 g/mol. The molecule has 6 nitrogen and oxygen atoms in total. The Labute approximate surface area is 149 Å². The zero-order valence-electron chi connectivity index (χ0n) is 15.4. The lowest BCUT2D eigenvalue weighted by Gasteiger charge is -2.26. The van der Waals surface area contributed by atoms with Gasteiger partial charge in [0.2, 0.25) is 0 Å².